The molecule has 6 heteroatoms. The molecule has 0 bridgehead atoms. The second-order valence-electron chi connectivity index (χ2n) is 8.69. The van der Waals surface area contributed by atoms with E-state index in [4.69, 9.17) is 14.2 Å². The van der Waals surface area contributed by atoms with Crippen molar-refractivity contribution in [3.8, 4) is 17.2 Å². The second-order valence-corrected chi connectivity index (χ2v) is 8.69. The molecule has 0 saturated carbocycles. The number of nitrogens with zero attached hydrogens (tertiary/aromatic N) is 2. The number of benzene rings is 2. The summed E-state index contributed by atoms with van der Waals surface area (Å²) in [5.74, 6) is 1.61. The van der Waals surface area contributed by atoms with Gasteiger partial charge in [-0.1, -0.05) is 50.6 Å². The molecule has 0 fully saturated rings. The van der Waals surface area contributed by atoms with Gasteiger partial charge in [0, 0.05) is 25.1 Å². The van der Waals surface area contributed by atoms with E-state index in [9.17, 15) is 4.79 Å². The lowest BCUT2D eigenvalue weighted by atomic mass is 9.94. The fourth-order valence-corrected chi connectivity index (χ4v) is 4.30. The van der Waals surface area contributed by atoms with Crippen LogP contribution in [0, 0.1) is 0 Å². The molecule has 0 radical (unpaired) electrons. The van der Waals surface area contributed by atoms with E-state index in [-0.39, 0.29) is 11.8 Å². The van der Waals surface area contributed by atoms with Gasteiger partial charge in [-0.15, -0.1) is 0 Å². The van der Waals surface area contributed by atoms with E-state index in [0.29, 0.717) is 29.4 Å². The van der Waals surface area contributed by atoms with Gasteiger partial charge in [0.25, 0.3) is 5.91 Å². The van der Waals surface area contributed by atoms with Crippen LogP contribution in [0.3, 0.4) is 0 Å². The van der Waals surface area contributed by atoms with E-state index < -0.39 is 0 Å². The summed E-state index contributed by atoms with van der Waals surface area (Å²) in [6, 6.07) is 13.9. The van der Waals surface area contributed by atoms with E-state index in [1.54, 1.807) is 38.4 Å². The number of amides is 1. The fraction of sp³-hybridized carbons (Fsp3) is 0.536. The largest absolute Gasteiger partial charge is 0.493 e. The van der Waals surface area contributed by atoms with Gasteiger partial charge in [0.05, 0.1) is 21.3 Å². The van der Waals surface area contributed by atoms with Gasteiger partial charge in [0.15, 0.2) is 11.5 Å². The van der Waals surface area contributed by atoms with Gasteiger partial charge in [-0.3, -0.25) is 4.79 Å². The van der Waals surface area contributed by atoms with Gasteiger partial charge >= 0.3 is 0 Å². The molecule has 0 aliphatic rings. The van der Waals surface area contributed by atoms with Crippen LogP contribution in [0.5, 0.6) is 17.2 Å². The van der Waals surface area contributed by atoms with Crippen molar-refractivity contribution in [1.82, 2.24) is 9.80 Å². The number of unbranched alkanes of at least 4 members (excludes halogenated alkanes) is 1. The predicted octanol–water partition coefficient (Wildman–Crippen LogP) is 5.47. The number of carbonyl (C=O) groups is 1. The molecule has 6 nitrogen and oxygen atoms in total. The quantitative estimate of drug-likeness (QED) is 0.345. The molecule has 0 saturated heterocycles. The molecule has 2 aromatic rings. The normalized spacial score (nSPS) is 11.9. The highest BCUT2D eigenvalue weighted by Gasteiger charge is 2.22. The average Bonchev–Trinajstić information content (AvgIpc) is 2.88. The highest BCUT2D eigenvalue weighted by molar-refractivity contribution is 5.95. The molecule has 1 unspecified atom stereocenters. The van der Waals surface area contributed by atoms with Gasteiger partial charge in [-0.25, -0.2) is 0 Å². The van der Waals surface area contributed by atoms with Crippen molar-refractivity contribution in [1.29, 1.82) is 0 Å². The lowest BCUT2D eigenvalue weighted by molar-refractivity contribution is 0.0781. The molecule has 2 rings (SSSR count). The number of hydrogen-bond acceptors (Lipinski definition) is 5. The van der Waals surface area contributed by atoms with Gasteiger partial charge in [-0.05, 0) is 56.6 Å². The third kappa shape index (κ3) is 7.66. The number of likely N-dealkylation sites (N-methyl/N-ethyl adjacent to an activating group) is 1. The number of ether oxygens (including phenoxy) is 3. The second kappa shape index (κ2) is 14.5. The highest BCUT2D eigenvalue weighted by Crippen LogP contribution is 2.38. The van der Waals surface area contributed by atoms with Crippen molar-refractivity contribution in [2.24, 2.45) is 0 Å². The van der Waals surface area contributed by atoms with E-state index in [1.807, 2.05) is 13.1 Å². The Bertz CT molecular complexity index is 847. The van der Waals surface area contributed by atoms with Crippen LogP contribution >= 0.6 is 0 Å². The third-order valence-corrected chi connectivity index (χ3v) is 6.19. The summed E-state index contributed by atoms with van der Waals surface area (Å²) >= 11 is 0. The van der Waals surface area contributed by atoms with Crippen LogP contribution in [-0.4, -0.2) is 70.3 Å². The van der Waals surface area contributed by atoms with Crippen molar-refractivity contribution in [2.75, 3.05) is 54.6 Å². The summed E-state index contributed by atoms with van der Waals surface area (Å²) in [6.07, 6.45) is 4.57. The van der Waals surface area contributed by atoms with Crippen LogP contribution in [0.15, 0.2) is 42.5 Å². The van der Waals surface area contributed by atoms with E-state index >= 15 is 0 Å². The van der Waals surface area contributed by atoms with Gasteiger partial charge in [0.2, 0.25) is 5.75 Å². The molecular formula is C28H42N2O4. The summed E-state index contributed by atoms with van der Waals surface area (Å²) in [6.45, 7) is 8.37. The molecular weight excluding hydrogens is 428 g/mol. The first kappa shape index (κ1) is 27.5. The Kier molecular flexibility index (Phi) is 11.7. The maximum atomic E-state index is 13.4. The Balaban J connectivity index is 2.21. The summed E-state index contributed by atoms with van der Waals surface area (Å²) in [7, 11) is 6.53. The topological polar surface area (TPSA) is 51.2 Å². The third-order valence-electron chi connectivity index (χ3n) is 6.19. The zero-order chi connectivity index (χ0) is 24.9. The van der Waals surface area contributed by atoms with Crippen LogP contribution in [0.25, 0.3) is 0 Å². The molecule has 0 spiro atoms. The zero-order valence-corrected chi connectivity index (χ0v) is 21.8. The van der Waals surface area contributed by atoms with Gasteiger partial charge < -0.3 is 24.0 Å². The van der Waals surface area contributed by atoms with E-state index in [2.05, 4.69) is 43.0 Å². The molecule has 0 aromatic heterocycles. The number of carbonyl (C=O) groups excluding carboxylic acids is 1. The van der Waals surface area contributed by atoms with Crippen LogP contribution < -0.4 is 14.2 Å². The van der Waals surface area contributed by atoms with Crippen molar-refractivity contribution >= 4 is 5.91 Å². The van der Waals surface area contributed by atoms with Crippen LogP contribution in [-0.2, 0) is 0 Å². The summed E-state index contributed by atoms with van der Waals surface area (Å²) in [4.78, 5) is 17.7. The Morgan fingerprint density at radius 3 is 2.06 bits per heavy atom. The molecule has 1 amide bonds. The minimum absolute atomic E-state index is 0.0726. The predicted molar refractivity (Wildman–Crippen MR) is 138 cm³/mol. The first-order valence-electron chi connectivity index (χ1n) is 12.3. The maximum absolute atomic E-state index is 13.4. The number of methoxy groups -OCH3 is 3. The lowest BCUT2D eigenvalue weighted by Gasteiger charge is -2.28. The van der Waals surface area contributed by atoms with Crippen molar-refractivity contribution in [2.45, 2.75) is 45.4 Å². The number of rotatable bonds is 15. The molecule has 2 aromatic carbocycles. The molecule has 0 heterocycles. The molecule has 188 valence electrons. The number of hydrogen-bond donors (Lipinski definition) is 0. The van der Waals surface area contributed by atoms with Gasteiger partial charge in [-0.2, -0.15) is 0 Å². The minimum atomic E-state index is -0.0726. The minimum Gasteiger partial charge on any atom is -0.493 e. The Morgan fingerprint density at radius 1 is 0.882 bits per heavy atom. The van der Waals surface area contributed by atoms with Crippen LogP contribution in [0.2, 0.25) is 0 Å². The highest BCUT2D eigenvalue weighted by atomic mass is 16.5. The molecule has 1 atom stereocenters. The summed E-state index contributed by atoms with van der Waals surface area (Å²) in [5, 5.41) is 0. The van der Waals surface area contributed by atoms with Crippen LogP contribution in [0.4, 0.5) is 0 Å². The molecule has 34 heavy (non-hydrogen) atoms. The molecule has 0 aliphatic heterocycles. The van der Waals surface area contributed by atoms with Crippen molar-refractivity contribution in [3.05, 3.63) is 53.6 Å². The van der Waals surface area contributed by atoms with Gasteiger partial charge in [0.1, 0.15) is 0 Å². The fourth-order valence-electron chi connectivity index (χ4n) is 4.30. The SMILES string of the molecule is CCCCN(CCC)CCC(CN(C)C(=O)c1cc(OC)c(OC)c(OC)c1)c1ccccc1. The molecule has 0 aliphatic carbocycles. The van der Waals surface area contributed by atoms with Crippen molar-refractivity contribution < 1.29 is 19.0 Å². The first-order chi connectivity index (χ1) is 16.5. The monoisotopic (exact) mass is 470 g/mol. The van der Waals surface area contributed by atoms with Crippen LogP contribution in [0.1, 0.15) is 61.4 Å². The lowest BCUT2D eigenvalue weighted by Crippen LogP contribution is -2.33. The molecule has 0 N–H and O–H groups in total. The average molecular weight is 471 g/mol. The smallest absolute Gasteiger partial charge is 0.253 e. The Hall–Kier alpha value is -2.73. The standard InChI is InChI=1S/C28H42N2O4/c1-7-9-17-30(16-8-2)18-15-23(22-13-11-10-12-14-22)21-29(3)28(31)24-19-25(32-4)27(34-6)26(20-24)33-5/h10-14,19-20,23H,7-9,15-18,21H2,1-6H3. The Labute approximate surface area is 205 Å². The Morgan fingerprint density at radius 2 is 1.53 bits per heavy atom. The zero-order valence-electron chi connectivity index (χ0n) is 21.8. The first-order valence-corrected chi connectivity index (χ1v) is 12.3. The maximum Gasteiger partial charge on any atom is 0.253 e. The summed E-state index contributed by atoms with van der Waals surface area (Å²) in [5.41, 5.74) is 1.78. The van der Waals surface area contributed by atoms with E-state index in [0.717, 1.165) is 32.5 Å². The van der Waals surface area contributed by atoms with Crippen molar-refractivity contribution in [3.63, 3.8) is 0 Å². The summed E-state index contributed by atoms with van der Waals surface area (Å²) < 4.78 is 16.3. The van der Waals surface area contributed by atoms with E-state index in [1.165, 1.54) is 18.4 Å².